The van der Waals surface area contributed by atoms with Crippen molar-refractivity contribution in [2.45, 2.75) is 45.8 Å². The number of pyridine rings is 1. The van der Waals surface area contributed by atoms with E-state index in [9.17, 15) is 9.59 Å². The molecule has 1 aliphatic heterocycles. The number of nitrogens with zero attached hydrogens (tertiary/aromatic N) is 2. The van der Waals surface area contributed by atoms with E-state index in [-0.39, 0.29) is 24.3 Å². The van der Waals surface area contributed by atoms with Crippen molar-refractivity contribution in [2.75, 3.05) is 19.7 Å². The minimum Gasteiger partial charge on any atom is -0.466 e. The molecule has 1 atom stereocenters. The minimum absolute atomic E-state index is 0.0221. The maximum Gasteiger partial charge on any atom is 0.257 e. The molecule has 3 heterocycles. The number of amides is 2. The zero-order valence-electron chi connectivity index (χ0n) is 16.4. The first-order chi connectivity index (χ1) is 13.5. The van der Waals surface area contributed by atoms with Crippen LogP contribution in [-0.4, -0.2) is 47.5 Å². The Kier molecular flexibility index (Phi) is 6.81. The highest BCUT2D eigenvalue weighted by Crippen LogP contribution is 2.19. The molecule has 1 aliphatic rings. The summed E-state index contributed by atoms with van der Waals surface area (Å²) in [5.41, 5.74) is 1.34. The summed E-state index contributed by atoms with van der Waals surface area (Å²) >= 11 is 0. The summed E-state index contributed by atoms with van der Waals surface area (Å²) < 4.78 is 11.2. The molecule has 0 aromatic carbocycles. The second-order valence-electron chi connectivity index (χ2n) is 7.06. The van der Waals surface area contributed by atoms with Gasteiger partial charge in [-0.15, -0.1) is 0 Å². The van der Waals surface area contributed by atoms with Crippen LogP contribution in [-0.2, 0) is 16.1 Å². The third-order valence-corrected chi connectivity index (χ3v) is 4.81. The van der Waals surface area contributed by atoms with E-state index in [1.165, 1.54) is 0 Å². The van der Waals surface area contributed by atoms with Crippen LogP contribution in [0.4, 0.5) is 0 Å². The first-order valence-corrected chi connectivity index (χ1v) is 9.67. The van der Waals surface area contributed by atoms with Gasteiger partial charge in [-0.2, -0.15) is 0 Å². The number of carbonyl (C=O) groups excluding carboxylic acids is 2. The van der Waals surface area contributed by atoms with Crippen molar-refractivity contribution in [2.24, 2.45) is 0 Å². The molecular weight excluding hydrogens is 358 g/mol. The summed E-state index contributed by atoms with van der Waals surface area (Å²) in [4.78, 5) is 31.2. The van der Waals surface area contributed by atoms with Crippen LogP contribution in [0, 0.1) is 13.8 Å². The maximum atomic E-state index is 13.0. The fourth-order valence-corrected chi connectivity index (χ4v) is 3.34. The van der Waals surface area contributed by atoms with E-state index in [2.05, 4.69) is 10.3 Å². The summed E-state index contributed by atoms with van der Waals surface area (Å²) in [7, 11) is 0. The molecule has 1 unspecified atom stereocenters. The van der Waals surface area contributed by atoms with Gasteiger partial charge < -0.3 is 19.4 Å². The fraction of sp³-hybridized carbons (Fsp3) is 0.476. The summed E-state index contributed by atoms with van der Waals surface area (Å²) in [6, 6.07) is 7.32. The van der Waals surface area contributed by atoms with E-state index in [4.69, 9.17) is 9.15 Å². The highest BCUT2D eigenvalue weighted by molar-refractivity contribution is 5.95. The van der Waals surface area contributed by atoms with Crippen LogP contribution in [0.25, 0.3) is 0 Å². The Hall–Kier alpha value is -2.67. The van der Waals surface area contributed by atoms with Crippen LogP contribution >= 0.6 is 0 Å². The van der Waals surface area contributed by atoms with Crippen molar-refractivity contribution >= 4 is 11.8 Å². The summed E-state index contributed by atoms with van der Waals surface area (Å²) in [6.07, 6.45) is 3.87. The van der Waals surface area contributed by atoms with Crippen LogP contribution in [0.2, 0.25) is 0 Å². The quantitative estimate of drug-likeness (QED) is 0.755. The zero-order valence-corrected chi connectivity index (χ0v) is 16.4. The van der Waals surface area contributed by atoms with E-state index in [0.717, 1.165) is 25.1 Å². The van der Waals surface area contributed by atoms with Gasteiger partial charge in [-0.25, -0.2) is 0 Å². The second-order valence-corrected chi connectivity index (χ2v) is 7.06. The largest absolute Gasteiger partial charge is 0.466 e. The lowest BCUT2D eigenvalue weighted by Gasteiger charge is -2.25. The third-order valence-electron chi connectivity index (χ3n) is 4.81. The van der Waals surface area contributed by atoms with Crippen molar-refractivity contribution in [3.8, 4) is 0 Å². The monoisotopic (exact) mass is 385 g/mol. The minimum atomic E-state index is -0.123. The topological polar surface area (TPSA) is 84.7 Å². The van der Waals surface area contributed by atoms with Gasteiger partial charge in [0, 0.05) is 32.3 Å². The lowest BCUT2D eigenvalue weighted by atomic mass is 10.1. The highest BCUT2D eigenvalue weighted by Gasteiger charge is 2.26. The van der Waals surface area contributed by atoms with Gasteiger partial charge in [0.2, 0.25) is 5.91 Å². The van der Waals surface area contributed by atoms with Gasteiger partial charge in [0.1, 0.15) is 11.5 Å². The number of nitrogens with one attached hydrogen (secondary N) is 1. The van der Waals surface area contributed by atoms with Crippen molar-refractivity contribution < 1.29 is 18.7 Å². The standard InChI is InChI=1S/C21H27N3O4/c1-15-12-19(16(2)28-15)21(26)24(14-18-7-5-11-27-18)10-8-20(25)23-13-17-6-3-4-9-22-17/h3-4,6,9,12,18H,5,7-8,10-11,13-14H2,1-2H3,(H,23,25). The number of aromatic nitrogens is 1. The Morgan fingerprint density at radius 1 is 1.32 bits per heavy atom. The molecule has 0 aliphatic carbocycles. The van der Waals surface area contributed by atoms with E-state index in [1.807, 2.05) is 25.1 Å². The van der Waals surface area contributed by atoms with E-state index >= 15 is 0 Å². The van der Waals surface area contributed by atoms with Gasteiger partial charge in [-0.3, -0.25) is 14.6 Å². The molecule has 2 aromatic heterocycles. The van der Waals surface area contributed by atoms with Crippen molar-refractivity contribution in [1.82, 2.24) is 15.2 Å². The molecule has 0 spiro atoms. The molecule has 1 fully saturated rings. The average molecular weight is 385 g/mol. The Morgan fingerprint density at radius 3 is 2.82 bits per heavy atom. The molecule has 1 N–H and O–H groups in total. The first-order valence-electron chi connectivity index (χ1n) is 9.67. The normalized spacial score (nSPS) is 16.1. The number of aryl methyl sites for hydroxylation is 2. The summed E-state index contributed by atoms with van der Waals surface area (Å²) in [5, 5.41) is 2.85. The molecule has 2 amide bonds. The van der Waals surface area contributed by atoms with Gasteiger partial charge in [-0.1, -0.05) is 6.07 Å². The van der Waals surface area contributed by atoms with Crippen molar-refractivity contribution in [1.29, 1.82) is 0 Å². The molecule has 2 aromatic rings. The molecular formula is C21H27N3O4. The highest BCUT2D eigenvalue weighted by atomic mass is 16.5. The van der Waals surface area contributed by atoms with Crippen LogP contribution in [0.5, 0.6) is 0 Å². The molecule has 3 rings (SSSR count). The average Bonchev–Trinajstić information content (AvgIpc) is 3.32. The number of hydrogen-bond acceptors (Lipinski definition) is 5. The smallest absolute Gasteiger partial charge is 0.257 e. The SMILES string of the molecule is Cc1cc(C(=O)N(CCC(=O)NCc2ccccn2)CC2CCCO2)c(C)o1. The predicted molar refractivity (Wildman–Crippen MR) is 104 cm³/mol. The summed E-state index contributed by atoms with van der Waals surface area (Å²) in [5.74, 6) is 1.06. The van der Waals surface area contributed by atoms with Crippen molar-refractivity contribution in [3.05, 3.63) is 53.2 Å². The lowest BCUT2D eigenvalue weighted by molar-refractivity contribution is -0.121. The van der Waals surface area contributed by atoms with Crippen molar-refractivity contribution in [3.63, 3.8) is 0 Å². The number of hydrogen-bond donors (Lipinski definition) is 1. The van der Waals surface area contributed by atoms with Gasteiger partial charge >= 0.3 is 0 Å². The van der Waals surface area contributed by atoms with Crippen LogP contribution in [0.15, 0.2) is 34.9 Å². The molecule has 1 saturated heterocycles. The number of carbonyl (C=O) groups is 2. The third kappa shape index (κ3) is 5.42. The molecule has 0 radical (unpaired) electrons. The molecule has 0 saturated carbocycles. The zero-order chi connectivity index (χ0) is 19.9. The second kappa shape index (κ2) is 9.50. The van der Waals surface area contributed by atoms with Gasteiger partial charge in [0.05, 0.1) is 23.9 Å². The Morgan fingerprint density at radius 2 is 2.18 bits per heavy atom. The van der Waals surface area contributed by atoms with E-state index in [0.29, 0.717) is 36.7 Å². The van der Waals surface area contributed by atoms with Gasteiger partial charge in [0.25, 0.3) is 5.91 Å². The molecule has 150 valence electrons. The Balaban J connectivity index is 1.59. The lowest BCUT2D eigenvalue weighted by Crippen LogP contribution is -2.40. The number of furan rings is 1. The van der Waals surface area contributed by atoms with Crippen LogP contribution in [0.1, 0.15) is 46.8 Å². The molecule has 7 heteroatoms. The predicted octanol–water partition coefficient (Wildman–Crippen LogP) is 2.62. The molecule has 28 heavy (non-hydrogen) atoms. The maximum absolute atomic E-state index is 13.0. The van der Waals surface area contributed by atoms with Crippen LogP contribution < -0.4 is 5.32 Å². The molecule has 0 bridgehead atoms. The molecule has 7 nitrogen and oxygen atoms in total. The van der Waals surface area contributed by atoms with Gasteiger partial charge in [0.15, 0.2) is 0 Å². The van der Waals surface area contributed by atoms with E-state index in [1.54, 1.807) is 24.1 Å². The first kappa shape index (κ1) is 20.1. The summed E-state index contributed by atoms with van der Waals surface area (Å²) in [6.45, 7) is 5.51. The number of rotatable bonds is 8. The Labute approximate surface area is 165 Å². The van der Waals surface area contributed by atoms with Crippen LogP contribution in [0.3, 0.4) is 0 Å². The fourth-order valence-electron chi connectivity index (χ4n) is 3.34. The Bertz CT molecular complexity index is 797. The van der Waals surface area contributed by atoms with E-state index < -0.39 is 0 Å². The number of ether oxygens (including phenoxy) is 1. The van der Waals surface area contributed by atoms with Gasteiger partial charge in [-0.05, 0) is 44.9 Å².